The Kier molecular flexibility index (Phi) is 4.84. The van der Waals surface area contributed by atoms with E-state index in [2.05, 4.69) is 36.7 Å². The highest BCUT2D eigenvalue weighted by Crippen LogP contribution is 2.24. The number of rotatable bonds is 3. The predicted octanol–water partition coefficient (Wildman–Crippen LogP) is 4.89. The van der Waals surface area contributed by atoms with Gasteiger partial charge in [0, 0.05) is 16.6 Å². The van der Waals surface area contributed by atoms with Gasteiger partial charge in [-0.2, -0.15) is 0 Å². The summed E-state index contributed by atoms with van der Waals surface area (Å²) in [5.41, 5.74) is 1.58. The van der Waals surface area contributed by atoms with Crippen molar-refractivity contribution in [1.82, 2.24) is 4.90 Å². The average molecular weight is 346 g/mol. The Morgan fingerprint density at radius 2 is 1.57 bits per heavy atom. The van der Waals surface area contributed by atoms with Gasteiger partial charge in [0.2, 0.25) is 0 Å². The minimum atomic E-state index is -0.248. The fourth-order valence-electron chi connectivity index (χ4n) is 2.16. The first-order valence-electron chi connectivity index (χ1n) is 7.00. The first kappa shape index (κ1) is 15.8. The highest BCUT2D eigenvalue weighted by Gasteiger charge is 2.28. The van der Waals surface area contributed by atoms with Crippen LogP contribution in [0.25, 0.3) is 0 Å². The number of benzene rings is 2. The first-order valence-corrected chi connectivity index (χ1v) is 7.79. The molecule has 21 heavy (non-hydrogen) atoms. The molecular weight excluding hydrogens is 326 g/mol. The summed E-state index contributed by atoms with van der Waals surface area (Å²) >= 11 is 3.47. The van der Waals surface area contributed by atoms with E-state index in [0.717, 1.165) is 10.0 Å². The molecule has 0 spiro atoms. The summed E-state index contributed by atoms with van der Waals surface area (Å²) in [5.74, 6) is 0.0406. The molecule has 0 bridgehead atoms. The maximum Gasteiger partial charge on any atom is 0.255 e. The second kappa shape index (κ2) is 6.44. The van der Waals surface area contributed by atoms with Crippen molar-refractivity contribution >= 4 is 21.8 Å². The zero-order valence-electron chi connectivity index (χ0n) is 12.6. The van der Waals surface area contributed by atoms with Crippen molar-refractivity contribution < 1.29 is 4.79 Å². The minimum absolute atomic E-state index is 0.0406. The molecule has 0 aromatic heterocycles. The second-order valence-electron chi connectivity index (χ2n) is 6.03. The van der Waals surface area contributed by atoms with Crippen LogP contribution in [0.15, 0.2) is 59.1 Å². The van der Waals surface area contributed by atoms with Crippen molar-refractivity contribution in [2.24, 2.45) is 0 Å². The van der Waals surface area contributed by atoms with Gasteiger partial charge in [0.05, 0.1) is 5.56 Å². The van der Waals surface area contributed by atoms with E-state index in [1.807, 2.05) is 59.5 Å². The molecular formula is C18H20BrNO. The molecule has 0 aliphatic rings. The van der Waals surface area contributed by atoms with Crippen LogP contribution in [0.2, 0.25) is 0 Å². The lowest BCUT2D eigenvalue weighted by Gasteiger charge is -2.36. The molecule has 2 aromatic rings. The molecule has 0 fully saturated rings. The number of hydrogen-bond donors (Lipinski definition) is 0. The molecule has 0 heterocycles. The van der Waals surface area contributed by atoms with Crippen LogP contribution < -0.4 is 0 Å². The van der Waals surface area contributed by atoms with Crippen LogP contribution in [0.5, 0.6) is 0 Å². The zero-order valence-corrected chi connectivity index (χ0v) is 14.2. The molecule has 0 radical (unpaired) electrons. The molecule has 0 saturated carbocycles. The number of nitrogens with zero attached hydrogens (tertiary/aromatic N) is 1. The summed E-state index contributed by atoms with van der Waals surface area (Å²) < 4.78 is 0.831. The van der Waals surface area contributed by atoms with Gasteiger partial charge in [-0.1, -0.05) is 42.5 Å². The van der Waals surface area contributed by atoms with Crippen LogP contribution in [-0.4, -0.2) is 16.3 Å². The Bertz CT molecular complexity index is 617. The fourth-order valence-corrected chi connectivity index (χ4v) is 2.61. The number of halogens is 1. The molecule has 0 N–H and O–H groups in total. The van der Waals surface area contributed by atoms with E-state index in [1.165, 1.54) is 0 Å². The smallest absolute Gasteiger partial charge is 0.255 e. The largest absolute Gasteiger partial charge is 0.329 e. The summed E-state index contributed by atoms with van der Waals surface area (Å²) in [6.07, 6.45) is 0. The van der Waals surface area contributed by atoms with Gasteiger partial charge < -0.3 is 4.90 Å². The van der Waals surface area contributed by atoms with Crippen LogP contribution in [-0.2, 0) is 6.54 Å². The molecule has 2 aromatic carbocycles. The maximum atomic E-state index is 12.9. The number of hydrogen-bond acceptors (Lipinski definition) is 1. The monoisotopic (exact) mass is 345 g/mol. The van der Waals surface area contributed by atoms with E-state index < -0.39 is 0 Å². The van der Waals surface area contributed by atoms with Gasteiger partial charge in [-0.05, 0) is 54.4 Å². The van der Waals surface area contributed by atoms with Crippen LogP contribution in [0.1, 0.15) is 36.7 Å². The normalized spacial score (nSPS) is 11.2. The molecule has 1 amide bonds. The molecule has 0 saturated heterocycles. The van der Waals surface area contributed by atoms with Gasteiger partial charge in [0.25, 0.3) is 5.91 Å². The Hall–Kier alpha value is -1.61. The first-order chi connectivity index (χ1) is 9.89. The molecule has 2 nitrogen and oxygen atoms in total. The summed E-state index contributed by atoms with van der Waals surface area (Å²) in [4.78, 5) is 14.8. The van der Waals surface area contributed by atoms with Gasteiger partial charge in [-0.25, -0.2) is 0 Å². The van der Waals surface area contributed by atoms with E-state index in [0.29, 0.717) is 12.1 Å². The van der Waals surface area contributed by atoms with Crippen molar-refractivity contribution in [3.63, 3.8) is 0 Å². The highest BCUT2D eigenvalue weighted by atomic mass is 79.9. The topological polar surface area (TPSA) is 20.3 Å². The predicted molar refractivity (Wildman–Crippen MR) is 90.2 cm³/mol. The maximum absolute atomic E-state index is 12.9. The van der Waals surface area contributed by atoms with E-state index >= 15 is 0 Å². The van der Waals surface area contributed by atoms with Crippen molar-refractivity contribution in [3.05, 3.63) is 70.2 Å². The number of carbonyl (C=O) groups excluding carboxylic acids is 1. The highest BCUT2D eigenvalue weighted by molar-refractivity contribution is 9.10. The van der Waals surface area contributed by atoms with E-state index in [9.17, 15) is 4.79 Å². The third kappa shape index (κ3) is 3.94. The summed E-state index contributed by atoms with van der Waals surface area (Å²) in [6, 6.07) is 17.6. The van der Waals surface area contributed by atoms with E-state index in [4.69, 9.17) is 0 Å². The Morgan fingerprint density at radius 1 is 1.00 bits per heavy atom. The van der Waals surface area contributed by atoms with Crippen molar-refractivity contribution in [2.45, 2.75) is 32.9 Å². The average Bonchev–Trinajstić information content (AvgIpc) is 2.44. The van der Waals surface area contributed by atoms with E-state index in [-0.39, 0.29) is 11.4 Å². The third-order valence-corrected chi connectivity index (χ3v) is 4.03. The Balaban J connectivity index is 2.33. The van der Waals surface area contributed by atoms with Gasteiger partial charge in [0.1, 0.15) is 0 Å². The zero-order chi connectivity index (χ0) is 15.5. The molecule has 0 aliphatic heterocycles. The van der Waals surface area contributed by atoms with Crippen LogP contribution in [0.4, 0.5) is 0 Å². The molecule has 0 unspecified atom stereocenters. The number of carbonyl (C=O) groups is 1. The standard InChI is InChI=1S/C18H20BrNO/c1-18(2,3)20(13-14-9-5-4-6-10-14)17(21)15-11-7-8-12-16(15)19/h4-12H,13H2,1-3H3. The molecule has 110 valence electrons. The molecule has 0 atom stereocenters. The number of amides is 1. The Morgan fingerprint density at radius 3 is 2.14 bits per heavy atom. The molecule has 3 heteroatoms. The SMILES string of the molecule is CC(C)(C)N(Cc1ccccc1)C(=O)c1ccccc1Br. The van der Waals surface area contributed by atoms with Gasteiger partial charge in [-0.3, -0.25) is 4.79 Å². The van der Waals surface area contributed by atoms with Crippen LogP contribution in [0.3, 0.4) is 0 Å². The second-order valence-corrected chi connectivity index (χ2v) is 6.88. The van der Waals surface area contributed by atoms with Crippen molar-refractivity contribution in [3.8, 4) is 0 Å². The van der Waals surface area contributed by atoms with Gasteiger partial charge >= 0.3 is 0 Å². The third-order valence-electron chi connectivity index (χ3n) is 3.34. The summed E-state index contributed by atoms with van der Waals surface area (Å²) in [7, 11) is 0. The quantitative estimate of drug-likeness (QED) is 0.775. The lowest BCUT2D eigenvalue weighted by atomic mass is 10.0. The van der Waals surface area contributed by atoms with Crippen molar-refractivity contribution in [2.75, 3.05) is 0 Å². The van der Waals surface area contributed by atoms with Gasteiger partial charge in [-0.15, -0.1) is 0 Å². The lowest BCUT2D eigenvalue weighted by Crippen LogP contribution is -2.45. The van der Waals surface area contributed by atoms with Crippen LogP contribution >= 0.6 is 15.9 Å². The van der Waals surface area contributed by atoms with E-state index in [1.54, 1.807) is 0 Å². The summed E-state index contributed by atoms with van der Waals surface area (Å²) in [5, 5.41) is 0. The molecule has 2 rings (SSSR count). The fraction of sp³-hybridized carbons (Fsp3) is 0.278. The summed E-state index contributed by atoms with van der Waals surface area (Å²) in [6.45, 7) is 6.78. The van der Waals surface area contributed by atoms with Gasteiger partial charge in [0.15, 0.2) is 0 Å². The minimum Gasteiger partial charge on any atom is -0.329 e. The lowest BCUT2D eigenvalue weighted by molar-refractivity contribution is 0.0558. The van der Waals surface area contributed by atoms with Crippen LogP contribution in [0, 0.1) is 0 Å². The Labute approximate surface area is 134 Å². The van der Waals surface area contributed by atoms with Crippen molar-refractivity contribution in [1.29, 1.82) is 0 Å². The molecule has 0 aliphatic carbocycles.